The lowest BCUT2D eigenvalue weighted by molar-refractivity contribution is -0.153. The summed E-state index contributed by atoms with van der Waals surface area (Å²) in [6.07, 6.45) is 0.132. The molecule has 1 aromatic rings. The van der Waals surface area contributed by atoms with Crippen molar-refractivity contribution in [1.82, 2.24) is 0 Å². The van der Waals surface area contributed by atoms with Crippen molar-refractivity contribution in [1.29, 1.82) is 0 Å². The van der Waals surface area contributed by atoms with E-state index in [0.717, 1.165) is 5.56 Å². The number of carbonyl (C=O) groups excluding carboxylic acids is 2. The Bertz CT molecular complexity index is 459. The van der Waals surface area contributed by atoms with Crippen LogP contribution in [0, 0.1) is 0 Å². The molecule has 0 aromatic heterocycles. The first-order chi connectivity index (χ1) is 7.93. The van der Waals surface area contributed by atoms with Crippen LogP contribution in [0.15, 0.2) is 24.3 Å². The molecule has 1 atom stereocenters. The van der Waals surface area contributed by atoms with Crippen LogP contribution in [-0.4, -0.2) is 11.9 Å². The van der Waals surface area contributed by atoms with Gasteiger partial charge in [0, 0.05) is 0 Å². The first-order valence-electron chi connectivity index (χ1n) is 5.79. The zero-order chi connectivity index (χ0) is 12.6. The SMILES string of the molecule is CC(C)c1ccc([C@@]2(C)CC(=O)OC2=O)cc1. The summed E-state index contributed by atoms with van der Waals surface area (Å²) >= 11 is 0. The summed E-state index contributed by atoms with van der Waals surface area (Å²) in [6.45, 7) is 5.98. The molecule has 1 aliphatic heterocycles. The Labute approximate surface area is 101 Å². The minimum absolute atomic E-state index is 0.132. The molecule has 2 rings (SSSR count). The number of ether oxygens (including phenoxy) is 1. The Kier molecular flexibility index (Phi) is 2.77. The van der Waals surface area contributed by atoms with E-state index in [0.29, 0.717) is 5.92 Å². The average Bonchev–Trinajstić information content (AvgIpc) is 2.54. The molecular formula is C14H16O3. The van der Waals surface area contributed by atoms with Gasteiger partial charge < -0.3 is 4.74 Å². The summed E-state index contributed by atoms with van der Waals surface area (Å²) in [7, 11) is 0. The molecule has 1 aliphatic rings. The van der Waals surface area contributed by atoms with Gasteiger partial charge in [0.15, 0.2) is 0 Å². The Hall–Kier alpha value is -1.64. The van der Waals surface area contributed by atoms with Crippen molar-refractivity contribution in [3.05, 3.63) is 35.4 Å². The lowest BCUT2D eigenvalue weighted by Crippen LogP contribution is -2.27. The highest BCUT2D eigenvalue weighted by Gasteiger charge is 2.46. The Balaban J connectivity index is 2.34. The van der Waals surface area contributed by atoms with Crippen molar-refractivity contribution in [2.24, 2.45) is 0 Å². The number of benzene rings is 1. The molecule has 1 saturated heterocycles. The van der Waals surface area contributed by atoms with Gasteiger partial charge >= 0.3 is 11.9 Å². The molecule has 1 heterocycles. The molecule has 90 valence electrons. The molecule has 0 bridgehead atoms. The maximum atomic E-state index is 11.7. The van der Waals surface area contributed by atoms with E-state index in [1.807, 2.05) is 24.3 Å². The van der Waals surface area contributed by atoms with Gasteiger partial charge in [-0.15, -0.1) is 0 Å². The Morgan fingerprint density at radius 3 is 2.18 bits per heavy atom. The summed E-state index contributed by atoms with van der Waals surface area (Å²) < 4.78 is 4.63. The third kappa shape index (κ3) is 1.97. The normalized spacial score (nSPS) is 24.2. The van der Waals surface area contributed by atoms with Gasteiger partial charge in [-0.3, -0.25) is 9.59 Å². The molecule has 0 unspecified atom stereocenters. The second-order valence-electron chi connectivity index (χ2n) is 5.05. The van der Waals surface area contributed by atoms with Crippen molar-refractivity contribution in [3.8, 4) is 0 Å². The van der Waals surface area contributed by atoms with Gasteiger partial charge in [0.2, 0.25) is 0 Å². The molecular weight excluding hydrogens is 216 g/mol. The lowest BCUT2D eigenvalue weighted by atomic mass is 9.80. The summed E-state index contributed by atoms with van der Waals surface area (Å²) in [4.78, 5) is 22.9. The van der Waals surface area contributed by atoms with E-state index in [2.05, 4.69) is 18.6 Å². The predicted molar refractivity (Wildman–Crippen MR) is 63.6 cm³/mol. The van der Waals surface area contributed by atoms with Crippen LogP contribution in [0.25, 0.3) is 0 Å². The van der Waals surface area contributed by atoms with Gasteiger partial charge in [0.1, 0.15) is 5.41 Å². The largest absolute Gasteiger partial charge is 0.392 e. The first kappa shape index (κ1) is 11.8. The number of carbonyl (C=O) groups is 2. The fraction of sp³-hybridized carbons (Fsp3) is 0.429. The molecule has 17 heavy (non-hydrogen) atoms. The zero-order valence-corrected chi connectivity index (χ0v) is 10.3. The Morgan fingerprint density at radius 1 is 1.18 bits per heavy atom. The molecule has 0 radical (unpaired) electrons. The first-order valence-corrected chi connectivity index (χ1v) is 5.79. The van der Waals surface area contributed by atoms with E-state index >= 15 is 0 Å². The minimum atomic E-state index is -0.813. The van der Waals surface area contributed by atoms with Crippen LogP contribution in [0.2, 0.25) is 0 Å². The van der Waals surface area contributed by atoms with Crippen molar-refractivity contribution >= 4 is 11.9 Å². The van der Waals surface area contributed by atoms with Crippen LogP contribution in [-0.2, 0) is 19.7 Å². The molecule has 1 fully saturated rings. The number of esters is 2. The quantitative estimate of drug-likeness (QED) is 0.581. The molecule has 0 amide bonds. The fourth-order valence-electron chi connectivity index (χ4n) is 2.07. The lowest BCUT2D eigenvalue weighted by Gasteiger charge is -2.19. The van der Waals surface area contributed by atoms with Crippen LogP contribution in [0.5, 0.6) is 0 Å². The van der Waals surface area contributed by atoms with Crippen LogP contribution < -0.4 is 0 Å². The molecule has 0 spiro atoms. The van der Waals surface area contributed by atoms with E-state index in [4.69, 9.17) is 0 Å². The molecule has 0 aliphatic carbocycles. The van der Waals surface area contributed by atoms with Gasteiger partial charge in [-0.05, 0) is 24.0 Å². The average molecular weight is 232 g/mol. The molecule has 3 heteroatoms. The van der Waals surface area contributed by atoms with Gasteiger partial charge in [-0.2, -0.15) is 0 Å². The third-order valence-electron chi connectivity index (χ3n) is 3.37. The molecule has 0 N–H and O–H groups in total. The van der Waals surface area contributed by atoms with Crippen LogP contribution in [0.4, 0.5) is 0 Å². The molecule has 0 saturated carbocycles. The Morgan fingerprint density at radius 2 is 1.76 bits per heavy atom. The second-order valence-corrected chi connectivity index (χ2v) is 5.05. The number of hydrogen-bond donors (Lipinski definition) is 0. The van der Waals surface area contributed by atoms with Gasteiger partial charge in [-0.25, -0.2) is 0 Å². The van der Waals surface area contributed by atoms with Crippen LogP contribution >= 0.6 is 0 Å². The highest BCUT2D eigenvalue weighted by atomic mass is 16.6. The van der Waals surface area contributed by atoms with Crippen LogP contribution in [0.1, 0.15) is 44.2 Å². The second kappa shape index (κ2) is 3.99. The summed E-state index contributed by atoms with van der Waals surface area (Å²) in [5.41, 5.74) is 1.25. The van der Waals surface area contributed by atoms with E-state index in [1.165, 1.54) is 5.56 Å². The third-order valence-corrected chi connectivity index (χ3v) is 3.37. The zero-order valence-electron chi connectivity index (χ0n) is 10.3. The van der Waals surface area contributed by atoms with Crippen molar-refractivity contribution in [3.63, 3.8) is 0 Å². The predicted octanol–water partition coefficient (Wildman–Crippen LogP) is 2.54. The molecule has 3 nitrogen and oxygen atoms in total. The van der Waals surface area contributed by atoms with E-state index in [-0.39, 0.29) is 6.42 Å². The van der Waals surface area contributed by atoms with Crippen molar-refractivity contribution in [2.75, 3.05) is 0 Å². The number of hydrogen-bond acceptors (Lipinski definition) is 3. The van der Waals surface area contributed by atoms with Gasteiger partial charge in [-0.1, -0.05) is 38.1 Å². The van der Waals surface area contributed by atoms with Crippen LogP contribution in [0.3, 0.4) is 0 Å². The van der Waals surface area contributed by atoms with Crippen molar-refractivity contribution < 1.29 is 14.3 Å². The topological polar surface area (TPSA) is 43.4 Å². The standard InChI is InChI=1S/C14H16O3/c1-9(2)10-4-6-11(7-5-10)14(3)8-12(15)17-13(14)16/h4-7,9H,8H2,1-3H3/t14-/m1/s1. The molecule has 1 aromatic carbocycles. The smallest absolute Gasteiger partial charge is 0.324 e. The fourth-order valence-corrected chi connectivity index (χ4v) is 2.07. The van der Waals surface area contributed by atoms with Crippen molar-refractivity contribution in [2.45, 2.75) is 38.5 Å². The summed E-state index contributed by atoms with van der Waals surface area (Å²) in [5, 5.41) is 0. The van der Waals surface area contributed by atoms with Gasteiger partial charge in [0.25, 0.3) is 0 Å². The van der Waals surface area contributed by atoms with E-state index < -0.39 is 17.4 Å². The minimum Gasteiger partial charge on any atom is -0.392 e. The monoisotopic (exact) mass is 232 g/mol. The summed E-state index contributed by atoms with van der Waals surface area (Å²) in [5.74, 6) is -0.431. The highest BCUT2D eigenvalue weighted by molar-refractivity contribution is 6.00. The summed E-state index contributed by atoms with van der Waals surface area (Å²) in [6, 6.07) is 7.83. The van der Waals surface area contributed by atoms with E-state index in [1.54, 1.807) is 6.92 Å². The maximum Gasteiger partial charge on any atom is 0.324 e. The highest BCUT2D eigenvalue weighted by Crippen LogP contribution is 2.35. The maximum absolute atomic E-state index is 11.7. The van der Waals surface area contributed by atoms with Gasteiger partial charge in [0.05, 0.1) is 6.42 Å². The van der Waals surface area contributed by atoms with E-state index in [9.17, 15) is 9.59 Å². The number of rotatable bonds is 2. The number of cyclic esters (lactones) is 2.